The number of aliphatic carboxylic acids is 1. The second-order valence-electron chi connectivity index (χ2n) is 6.12. The van der Waals surface area contributed by atoms with Gasteiger partial charge in [0.15, 0.2) is 0 Å². The van der Waals surface area contributed by atoms with E-state index in [2.05, 4.69) is 10.6 Å². The number of carbonyl (C=O) groups is 2. The Bertz CT molecular complexity index is 347. The molecule has 0 saturated heterocycles. The third-order valence-corrected chi connectivity index (χ3v) is 3.13. The Morgan fingerprint density at radius 2 is 1.84 bits per heavy atom. The lowest BCUT2D eigenvalue weighted by atomic mass is 9.96. The molecular weight excluding hydrogens is 248 g/mol. The number of ether oxygens (including phenoxy) is 1. The predicted molar refractivity (Wildman–Crippen MR) is 71.0 cm³/mol. The third-order valence-electron chi connectivity index (χ3n) is 3.13. The largest absolute Gasteiger partial charge is 0.480 e. The van der Waals surface area contributed by atoms with Gasteiger partial charge in [0, 0.05) is 6.54 Å². The number of carboxylic acid groups (broad SMARTS) is 1. The number of rotatable bonds is 6. The summed E-state index contributed by atoms with van der Waals surface area (Å²) in [5.41, 5.74) is -1.42. The molecule has 1 aliphatic rings. The van der Waals surface area contributed by atoms with Crippen LogP contribution in [0.25, 0.3) is 0 Å². The number of nitrogens with one attached hydrogen (secondary N) is 2. The average molecular weight is 272 g/mol. The second kappa shape index (κ2) is 5.77. The highest BCUT2D eigenvalue weighted by Gasteiger charge is 2.48. The maximum absolute atomic E-state index is 11.7. The standard InChI is InChI=1S/C13H24N2O4/c1-12(2,3)19-8-7-14-11(18)15-13(4,10(16)17)9-5-6-9/h9H,5-8H2,1-4H3,(H,16,17)(H2,14,15,18). The topological polar surface area (TPSA) is 87.7 Å². The summed E-state index contributed by atoms with van der Waals surface area (Å²) in [4.78, 5) is 22.9. The molecule has 0 aliphatic heterocycles. The minimum absolute atomic E-state index is 0.0292. The number of carbonyl (C=O) groups excluding carboxylic acids is 1. The van der Waals surface area contributed by atoms with Crippen LogP contribution in [-0.4, -0.2) is 41.4 Å². The molecule has 1 aliphatic carbocycles. The van der Waals surface area contributed by atoms with Gasteiger partial charge in [-0.1, -0.05) is 0 Å². The Balaban J connectivity index is 2.32. The lowest BCUT2D eigenvalue weighted by Gasteiger charge is -2.26. The number of carboxylic acids is 1. The van der Waals surface area contributed by atoms with E-state index >= 15 is 0 Å². The lowest BCUT2D eigenvalue weighted by molar-refractivity contribution is -0.144. The van der Waals surface area contributed by atoms with Crippen molar-refractivity contribution in [1.29, 1.82) is 0 Å². The van der Waals surface area contributed by atoms with Crippen molar-refractivity contribution in [3.8, 4) is 0 Å². The molecule has 1 saturated carbocycles. The van der Waals surface area contributed by atoms with Crippen molar-refractivity contribution in [2.45, 2.75) is 51.7 Å². The third kappa shape index (κ3) is 5.06. The van der Waals surface area contributed by atoms with Crippen LogP contribution in [0.2, 0.25) is 0 Å². The van der Waals surface area contributed by atoms with E-state index in [-0.39, 0.29) is 11.5 Å². The Labute approximate surface area is 113 Å². The molecule has 19 heavy (non-hydrogen) atoms. The molecule has 3 N–H and O–H groups in total. The molecular formula is C13H24N2O4. The van der Waals surface area contributed by atoms with Gasteiger partial charge >= 0.3 is 12.0 Å². The molecule has 1 fully saturated rings. The Morgan fingerprint density at radius 1 is 1.26 bits per heavy atom. The van der Waals surface area contributed by atoms with Crippen molar-refractivity contribution < 1.29 is 19.4 Å². The van der Waals surface area contributed by atoms with E-state index in [0.717, 1.165) is 12.8 Å². The van der Waals surface area contributed by atoms with Crippen LogP contribution in [0.3, 0.4) is 0 Å². The molecule has 0 aromatic heterocycles. The number of amides is 2. The van der Waals surface area contributed by atoms with E-state index < -0.39 is 17.5 Å². The van der Waals surface area contributed by atoms with Crippen molar-refractivity contribution in [2.75, 3.05) is 13.2 Å². The van der Waals surface area contributed by atoms with Crippen molar-refractivity contribution in [1.82, 2.24) is 10.6 Å². The highest BCUT2D eigenvalue weighted by molar-refractivity contribution is 5.86. The molecule has 110 valence electrons. The molecule has 2 amide bonds. The zero-order valence-electron chi connectivity index (χ0n) is 12.1. The fourth-order valence-electron chi connectivity index (χ4n) is 1.79. The second-order valence-corrected chi connectivity index (χ2v) is 6.12. The van der Waals surface area contributed by atoms with E-state index in [9.17, 15) is 14.7 Å². The summed E-state index contributed by atoms with van der Waals surface area (Å²) < 4.78 is 5.46. The SMILES string of the molecule is CC(C)(C)OCCNC(=O)NC(C)(C(=O)O)C1CC1. The Hall–Kier alpha value is -1.30. The van der Waals surface area contributed by atoms with Crippen LogP contribution in [0.15, 0.2) is 0 Å². The zero-order valence-corrected chi connectivity index (χ0v) is 12.1. The van der Waals surface area contributed by atoms with E-state index in [4.69, 9.17) is 4.74 Å². The first-order valence-corrected chi connectivity index (χ1v) is 6.58. The number of hydrogen-bond acceptors (Lipinski definition) is 3. The maximum atomic E-state index is 11.7. The lowest BCUT2D eigenvalue weighted by Crippen LogP contribution is -2.57. The van der Waals surface area contributed by atoms with Gasteiger partial charge in [-0.25, -0.2) is 9.59 Å². The van der Waals surface area contributed by atoms with Crippen LogP contribution < -0.4 is 10.6 Å². The van der Waals surface area contributed by atoms with Gasteiger partial charge < -0.3 is 20.5 Å². The molecule has 0 radical (unpaired) electrons. The van der Waals surface area contributed by atoms with Crippen LogP contribution in [-0.2, 0) is 9.53 Å². The molecule has 1 rings (SSSR count). The van der Waals surface area contributed by atoms with E-state index in [1.807, 2.05) is 20.8 Å². The van der Waals surface area contributed by atoms with Gasteiger partial charge in [-0.15, -0.1) is 0 Å². The summed E-state index contributed by atoms with van der Waals surface area (Å²) in [7, 11) is 0. The normalized spacial score (nSPS) is 18.5. The van der Waals surface area contributed by atoms with E-state index in [1.54, 1.807) is 6.92 Å². The molecule has 0 bridgehead atoms. The molecule has 0 aromatic rings. The van der Waals surface area contributed by atoms with Crippen LogP contribution >= 0.6 is 0 Å². The van der Waals surface area contributed by atoms with Crippen LogP contribution in [0.5, 0.6) is 0 Å². The first-order valence-electron chi connectivity index (χ1n) is 6.58. The highest BCUT2D eigenvalue weighted by Crippen LogP contribution is 2.39. The van der Waals surface area contributed by atoms with E-state index in [1.165, 1.54) is 0 Å². The predicted octanol–water partition coefficient (Wildman–Crippen LogP) is 1.35. The van der Waals surface area contributed by atoms with Gasteiger partial charge in [-0.05, 0) is 46.5 Å². The molecule has 1 unspecified atom stereocenters. The molecule has 6 nitrogen and oxygen atoms in total. The maximum Gasteiger partial charge on any atom is 0.329 e. The summed E-state index contributed by atoms with van der Waals surface area (Å²) in [5, 5.41) is 14.4. The van der Waals surface area contributed by atoms with Crippen LogP contribution in [0.1, 0.15) is 40.5 Å². The van der Waals surface area contributed by atoms with Crippen molar-refractivity contribution in [3.05, 3.63) is 0 Å². The monoisotopic (exact) mass is 272 g/mol. The van der Waals surface area contributed by atoms with Gasteiger partial charge in [-0.3, -0.25) is 0 Å². The van der Waals surface area contributed by atoms with Gasteiger partial charge in [0.2, 0.25) is 0 Å². The Morgan fingerprint density at radius 3 is 2.26 bits per heavy atom. The minimum Gasteiger partial charge on any atom is -0.480 e. The highest BCUT2D eigenvalue weighted by atomic mass is 16.5. The number of urea groups is 1. The molecule has 0 heterocycles. The summed E-state index contributed by atoms with van der Waals surface area (Å²) in [6.07, 6.45) is 1.69. The zero-order chi connectivity index (χ0) is 14.7. The van der Waals surface area contributed by atoms with E-state index in [0.29, 0.717) is 13.2 Å². The fourth-order valence-corrected chi connectivity index (χ4v) is 1.79. The summed E-state index contributed by atoms with van der Waals surface area (Å²) in [6, 6.07) is -0.464. The first kappa shape index (κ1) is 15.8. The number of hydrogen-bond donors (Lipinski definition) is 3. The van der Waals surface area contributed by atoms with Gasteiger partial charge in [-0.2, -0.15) is 0 Å². The summed E-state index contributed by atoms with van der Waals surface area (Å²) >= 11 is 0. The van der Waals surface area contributed by atoms with Crippen LogP contribution in [0.4, 0.5) is 4.79 Å². The molecule has 0 spiro atoms. The quantitative estimate of drug-likeness (QED) is 0.637. The molecule has 0 aromatic carbocycles. The smallest absolute Gasteiger partial charge is 0.329 e. The van der Waals surface area contributed by atoms with Crippen molar-refractivity contribution in [2.24, 2.45) is 5.92 Å². The van der Waals surface area contributed by atoms with Gasteiger partial charge in [0.25, 0.3) is 0 Å². The van der Waals surface area contributed by atoms with Crippen molar-refractivity contribution >= 4 is 12.0 Å². The van der Waals surface area contributed by atoms with Crippen molar-refractivity contribution in [3.63, 3.8) is 0 Å². The van der Waals surface area contributed by atoms with Gasteiger partial charge in [0.1, 0.15) is 5.54 Å². The average Bonchev–Trinajstić information content (AvgIpc) is 3.06. The fraction of sp³-hybridized carbons (Fsp3) is 0.846. The first-order chi connectivity index (χ1) is 8.65. The molecule has 6 heteroatoms. The van der Waals surface area contributed by atoms with Crippen LogP contribution in [0, 0.1) is 5.92 Å². The minimum atomic E-state index is -1.17. The van der Waals surface area contributed by atoms with Gasteiger partial charge in [0.05, 0.1) is 12.2 Å². The summed E-state index contributed by atoms with van der Waals surface area (Å²) in [6.45, 7) is 8.09. The Kier molecular flexibility index (Phi) is 4.79. The summed E-state index contributed by atoms with van der Waals surface area (Å²) in [5.74, 6) is -0.960. The molecule has 1 atom stereocenters.